The van der Waals surface area contributed by atoms with Gasteiger partial charge in [-0.05, 0) is 86.1 Å². The van der Waals surface area contributed by atoms with Gasteiger partial charge in [0.25, 0.3) is 0 Å². The molecule has 0 saturated carbocycles. The van der Waals surface area contributed by atoms with E-state index in [1.54, 1.807) is 0 Å². The van der Waals surface area contributed by atoms with E-state index in [0.717, 1.165) is 17.1 Å². The summed E-state index contributed by atoms with van der Waals surface area (Å²) in [6.45, 7) is 4.70. The van der Waals surface area contributed by atoms with Crippen molar-refractivity contribution in [3.63, 3.8) is 0 Å². The quantitative estimate of drug-likeness (QED) is 0.201. The Kier molecular flexibility index (Phi) is 6.20. The molecule has 1 heteroatoms. The highest BCUT2D eigenvalue weighted by Gasteiger charge is 2.36. The number of fused-ring (bicyclic) bond motifs is 4. The van der Waals surface area contributed by atoms with Gasteiger partial charge in [-0.15, -0.1) is 0 Å². The first kappa shape index (κ1) is 26.2. The molecule has 0 heterocycles. The Morgan fingerprint density at radius 1 is 0.409 bits per heavy atom. The maximum absolute atomic E-state index is 2.44. The number of anilines is 3. The summed E-state index contributed by atoms with van der Waals surface area (Å²) in [6, 6.07) is 59.7. The predicted molar refractivity (Wildman–Crippen MR) is 187 cm³/mol. The summed E-state index contributed by atoms with van der Waals surface area (Å²) in [5.41, 5.74) is 13.6. The van der Waals surface area contributed by atoms with Crippen LogP contribution in [0.2, 0.25) is 0 Å². The van der Waals surface area contributed by atoms with Gasteiger partial charge < -0.3 is 4.90 Å². The molecule has 1 aliphatic carbocycles. The first-order valence-electron chi connectivity index (χ1n) is 15.4. The van der Waals surface area contributed by atoms with Crippen molar-refractivity contribution >= 4 is 27.8 Å². The molecule has 7 aromatic rings. The Balaban J connectivity index is 1.40. The summed E-state index contributed by atoms with van der Waals surface area (Å²) in [4.78, 5) is 2.44. The van der Waals surface area contributed by atoms with Gasteiger partial charge in [0.05, 0.1) is 5.69 Å². The highest BCUT2D eigenvalue weighted by molar-refractivity contribution is 5.99. The smallest absolute Gasteiger partial charge is 0.0546 e. The summed E-state index contributed by atoms with van der Waals surface area (Å²) in [7, 11) is 0. The van der Waals surface area contributed by atoms with E-state index in [-0.39, 0.29) is 5.41 Å². The summed E-state index contributed by atoms with van der Waals surface area (Å²) >= 11 is 0. The first-order chi connectivity index (χ1) is 21.6. The van der Waals surface area contributed by atoms with Crippen molar-refractivity contribution in [1.82, 2.24) is 0 Å². The molecule has 0 radical (unpaired) electrons. The fourth-order valence-electron chi connectivity index (χ4n) is 7.07. The Bertz CT molecular complexity index is 2140. The number of hydrogen-bond donors (Lipinski definition) is 0. The summed E-state index contributed by atoms with van der Waals surface area (Å²) in [6.07, 6.45) is 0. The van der Waals surface area contributed by atoms with E-state index in [2.05, 4.69) is 183 Å². The lowest BCUT2D eigenvalue weighted by atomic mass is 9.82. The second-order valence-electron chi connectivity index (χ2n) is 12.2. The molecule has 0 atom stereocenters. The van der Waals surface area contributed by atoms with Crippen LogP contribution in [-0.2, 0) is 5.41 Å². The molecule has 0 saturated heterocycles. The minimum Gasteiger partial charge on any atom is -0.310 e. The van der Waals surface area contributed by atoms with Crippen LogP contribution in [-0.4, -0.2) is 0 Å². The number of nitrogens with zero attached hydrogens (tertiary/aromatic N) is 1. The molecule has 8 rings (SSSR count). The molecule has 210 valence electrons. The van der Waals surface area contributed by atoms with E-state index in [9.17, 15) is 0 Å². The first-order valence-corrected chi connectivity index (χ1v) is 15.4. The topological polar surface area (TPSA) is 3.24 Å². The van der Waals surface area contributed by atoms with Crippen LogP contribution in [0.1, 0.15) is 25.0 Å². The lowest BCUT2D eigenvalue weighted by Gasteiger charge is -2.30. The van der Waals surface area contributed by atoms with E-state index in [1.165, 1.54) is 55.3 Å². The molecule has 44 heavy (non-hydrogen) atoms. The third-order valence-electron chi connectivity index (χ3n) is 9.25. The van der Waals surface area contributed by atoms with Crippen molar-refractivity contribution in [3.8, 4) is 33.4 Å². The van der Waals surface area contributed by atoms with Crippen LogP contribution in [0.25, 0.3) is 44.2 Å². The Hall–Kier alpha value is -5.40. The van der Waals surface area contributed by atoms with Gasteiger partial charge in [-0.2, -0.15) is 0 Å². The highest BCUT2D eigenvalue weighted by atomic mass is 15.1. The highest BCUT2D eigenvalue weighted by Crippen LogP contribution is 2.52. The van der Waals surface area contributed by atoms with Crippen molar-refractivity contribution in [2.24, 2.45) is 0 Å². The van der Waals surface area contributed by atoms with E-state index in [0.29, 0.717) is 0 Å². The van der Waals surface area contributed by atoms with Crippen molar-refractivity contribution in [3.05, 3.63) is 175 Å². The van der Waals surface area contributed by atoms with Gasteiger partial charge in [0.15, 0.2) is 0 Å². The largest absolute Gasteiger partial charge is 0.310 e. The molecule has 1 nitrogen and oxygen atoms in total. The van der Waals surface area contributed by atoms with Gasteiger partial charge in [-0.3, -0.25) is 0 Å². The molecule has 0 spiro atoms. The second-order valence-corrected chi connectivity index (χ2v) is 12.2. The maximum atomic E-state index is 2.44. The fraction of sp³-hybridized carbons (Fsp3) is 0.0698. The molecule has 0 N–H and O–H groups in total. The molecule has 0 bridgehead atoms. The van der Waals surface area contributed by atoms with E-state index in [1.807, 2.05) is 0 Å². The number of hydrogen-bond acceptors (Lipinski definition) is 1. The summed E-state index contributed by atoms with van der Waals surface area (Å²) in [5, 5.41) is 2.48. The third kappa shape index (κ3) is 4.24. The minimum absolute atomic E-state index is 0.0860. The minimum atomic E-state index is -0.0860. The second kappa shape index (κ2) is 10.4. The molecule has 0 aromatic heterocycles. The number of para-hydroxylation sites is 1. The van der Waals surface area contributed by atoms with Crippen LogP contribution in [0.4, 0.5) is 17.1 Å². The lowest BCUT2D eigenvalue weighted by Crippen LogP contribution is -2.17. The van der Waals surface area contributed by atoms with Gasteiger partial charge in [0, 0.05) is 22.4 Å². The van der Waals surface area contributed by atoms with E-state index >= 15 is 0 Å². The normalized spacial score (nSPS) is 13.0. The zero-order valence-electron chi connectivity index (χ0n) is 25.0. The molecular formula is C43H33N. The maximum Gasteiger partial charge on any atom is 0.0546 e. The van der Waals surface area contributed by atoms with Crippen LogP contribution in [0, 0.1) is 0 Å². The molecule has 0 fully saturated rings. The van der Waals surface area contributed by atoms with Crippen LogP contribution >= 0.6 is 0 Å². The molecule has 0 aliphatic heterocycles. The molecule has 0 unspecified atom stereocenters. The SMILES string of the molecule is CC1(C)c2ccccc2-c2ccc(N(c3ccccc3)c3cccc(-c4ccccc4)c3-c3ccc4ccccc4c3)cc21. The predicted octanol–water partition coefficient (Wildman–Crippen LogP) is 11.9. The zero-order chi connectivity index (χ0) is 29.7. The number of benzene rings is 7. The monoisotopic (exact) mass is 563 g/mol. The van der Waals surface area contributed by atoms with Crippen LogP contribution in [0.3, 0.4) is 0 Å². The van der Waals surface area contributed by atoms with Crippen LogP contribution < -0.4 is 4.90 Å². The fourth-order valence-corrected chi connectivity index (χ4v) is 7.07. The lowest BCUT2D eigenvalue weighted by molar-refractivity contribution is 0.660. The summed E-state index contributed by atoms with van der Waals surface area (Å²) in [5.74, 6) is 0. The van der Waals surface area contributed by atoms with E-state index in [4.69, 9.17) is 0 Å². The van der Waals surface area contributed by atoms with Crippen LogP contribution in [0.5, 0.6) is 0 Å². The average molecular weight is 564 g/mol. The van der Waals surface area contributed by atoms with Gasteiger partial charge in [0.2, 0.25) is 0 Å². The van der Waals surface area contributed by atoms with Crippen molar-refractivity contribution < 1.29 is 0 Å². The van der Waals surface area contributed by atoms with Gasteiger partial charge in [-0.1, -0.05) is 141 Å². The molecule has 1 aliphatic rings. The average Bonchev–Trinajstić information content (AvgIpc) is 3.31. The van der Waals surface area contributed by atoms with Gasteiger partial charge >= 0.3 is 0 Å². The van der Waals surface area contributed by atoms with Gasteiger partial charge in [0.1, 0.15) is 0 Å². The molecular weight excluding hydrogens is 530 g/mol. The standard InChI is InChI=1S/C43H33N/c1-43(2)39-22-12-11-20-37(39)38-27-26-35(29-40(38)43)44(34-18-7-4-8-19-34)41-23-13-21-36(31-15-5-3-6-16-31)42(41)33-25-24-30-14-9-10-17-32(30)28-33/h3-29H,1-2H3. The third-order valence-corrected chi connectivity index (χ3v) is 9.25. The molecule has 7 aromatic carbocycles. The number of rotatable bonds is 5. The molecule has 0 amide bonds. The Labute approximate surface area is 259 Å². The zero-order valence-corrected chi connectivity index (χ0v) is 25.0. The van der Waals surface area contributed by atoms with Crippen LogP contribution in [0.15, 0.2) is 164 Å². The van der Waals surface area contributed by atoms with Gasteiger partial charge in [-0.25, -0.2) is 0 Å². The van der Waals surface area contributed by atoms with Crippen molar-refractivity contribution in [1.29, 1.82) is 0 Å². The summed E-state index contributed by atoms with van der Waals surface area (Å²) < 4.78 is 0. The Morgan fingerprint density at radius 3 is 1.89 bits per heavy atom. The van der Waals surface area contributed by atoms with E-state index < -0.39 is 0 Å². The Morgan fingerprint density at radius 2 is 1.07 bits per heavy atom. The van der Waals surface area contributed by atoms with Crippen molar-refractivity contribution in [2.45, 2.75) is 19.3 Å². The van der Waals surface area contributed by atoms with Crippen molar-refractivity contribution in [2.75, 3.05) is 4.90 Å².